The fourth-order valence-corrected chi connectivity index (χ4v) is 3.03. The first-order chi connectivity index (χ1) is 13.2. The third-order valence-electron chi connectivity index (χ3n) is 4.43. The first kappa shape index (κ1) is 17.2. The molecule has 2 aromatic rings. The second-order valence-corrected chi connectivity index (χ2v) is 6.17. The third-order valence-corrected chi connectivity index (χ3v) is 4.43. The van der Waals surface area contributed by atoms with Crippen molar-refractivity contribution in [1.29, 1.82) is 0 Å². The SMILES string of the molecule is O=C1O[C@@H](CO)CN1c1ccc(N2C=NN(c3ccccn3)CC2)c(F)c1. The number of hydrazone groups is 1. The van der Waals surface area contributed by atoms with Crippen molar-refractivity contribution in [3.8, 4) is 0 Å². The first-order valence-electron chi connectivity index (χ1n) is 8.53. The predicted molar refractivity (Wildman–Crippen MR) is 98.5 cm³/mol. The zero-order valence-corrected chi connectivity index (χ0v) is 14.4. The molecule has 1 saturated heterocycles. The Morgan fingerprint density at radius 1 is 1.26 bits per heavy atom. The van der Waals surface area contributed by atoms with Crippen molar-refractivity contribution in [3.63, 3.8) is 0 Å². The van der Waals surface area contributed by atoms with Crippen LogP contribution < -0.4 is 14.8 Å². The number of hydrogen-bond donors (Lipinski definition) is 1. The number of nitrogens with zero attached hydrogens (tertiary/aromatic N) is 5. The fourth-order valence-electron chi connectivity index (χ4n) is 3.03. The van der Waals surface area contributed by atoms with Gasteiger partial charge in [0.1, 0.15) is 24.1 Å². The number of amides is 1. The van der Waals surface area contributed by atoms with Gasteiger partial charge in [-0.1, -0.05) is 6.07 Å². The number of aromatic nitrogens is 1. The van der Waals surface area contributed by atoms with Gasteiger partial charge in [0, 0.05) is 12.7 Å². The highest BCUT2D eigenvalue weighted by Crippen LogP contribution is 2.28. The molecule has 1 aromatic heterocycles. The highest BCUT2D eigenvalue weighted by Gasteiger charge is 2.32. The summed E-state index contributed by atoms with van der Waals surface area (Å²) in [6, 6.07) is 10.1. The average molecular weight is 371 g/mol. The quantitative estimate of drug-likeness (QED) is 0.883. The smallest absolute Gasteiger partial charge is 0.414 e. The number of hydrogen-bond acceptors (Lipinski definition) is 7. The van der Waals surface area contributed by atoms with Gasteiger partial charge in [0.2, 0.25) is 0 Å². The van der Waals surface area contributed by atoms with Gasteiger partial charge in [0.05, 0.1) is 31.1 Å². The Bertz CT molecular complexity index is 863. The number of carbonyl (C=O) groups excluding carboxylic acids is 1. The van der Waals surface area contributed by atoms with Crippen molar-refractivity contribution in [2.45, 2.75) is 6.10 Å². The minimum absolute atomic E-state index is 0.193. The van der Waals surface area contributed by atoms with E-state index in [0.29, 0.717) is 24.5 Å². The Morgan fingerprint density at radius 2 is 2.15 bits per heavy atom. The van der Waals surface area contributed by atoms with Crippen molar-refractivity contribution >= 4 is 29.6 Å². The van der Waals surface area contributed by atoms with Gasteiger partial charge in [0.15, 0.2) is 0 Å². The highest BCUT2D eigenvalue weighted by atomic mass is 19.1. The molecule has 3 heterocycles. The summed E-state index contributed by atoms with van der Waals surface area (Å²) < 4.78 is 19.6. The molecule has 0 radical (unpaired) electrons. The van der Waals surface area contributed by atoms with Crippen molar-refractivity contribution in [2.24, 2.45) is 5.10 Å². The Morgan fingerprint density at radius 3 is 2.78 bits per heavy atom. The molecule has 1 aromatic carbocycles. The number of rotatable bonds is 4. The molecule has 1 N–H and O–H groups in total. The normalized spacial score (nSPS) is 19.6. The van der Waals surface area contributed by atoms with Gasteiger partial charge in [-0.05, 0) is 30.3 Å². The summed E-state index contributed by atoms with van der Waals surface area (Å²) in [5, 5.41) is 15.2. The zero-order valence-electron chi connectivity index (χ0n) is 14.4. The lowest BCUT2D eigenvalue weighted by Crippen LogP contribution is -2.38. The second kappa shape index (κ2) is 7.20. The molecule has 0 spiro atoms. The van der Waals surface area contributed by atoms with Gasteiger partial charge in [-0.15, -0.1) is 0 Å². The van der Waals surface area contributed by atoms with Gasteiger partial charge < -0.3 is 14.7 Å². The van der Waals surface area contributed by atoms with Crippen LogP contribution in [0.25, 0.3) is 0 Å². The van der Waals surface area contributed by atoms with Gasteiger partial charge in [-0.25, -0.2) is 19.2 Å². The van der Waals surface area contributed by atoms with E-state index in [1.165, 1.54) is 11.0 Å². The van der Waals surface area contributed by atoms with Crippen LogP contribution in [-0.4, -0.2) is 54.9 Å². The van der Waals surface area contributed by atoms with Crippen LogP contribution in [0.4, 0.5) is 26.4 Å². The van der Waals surface area contributed by atoms with Crippen LogP contribution >= 0.6 is 0 Å². The van der Waals surface area contributed by atoms with Gasteiger partial charge in [0.25, 0.3) is 0 Å². The summed E-state index contributed by atoms with van der Waals surface area (Å²) in [4.78, 5) is 19.1. The van der Waals surface area contributed by atoms with E-state index in [4.69, 9.17) is 9.84 Å². The Kier molecular flexibility index (Phi) is 4.59. The van der Waals surface area contributed by atoms with Crippen molar-refractivity contribution < 1.29 is 19.0 Å². The summed E-state index contributed by atoms with van der Waals surface area (Å²) in [5.41, 5.74) is 0.760. The van der Waals surface area contributed by atoms with Crippen LogP contribution in [0.1, 0.15) is 0 Å². The monoisotopic (exact) mass is 371 g/mol. The van der Waals surface area contributed by atoms with E-state index >= 15 is 0 Å². The van der Waals surface area contributed by atoms with Crippen molar-refractivity contribution in [1.82, 2.24) is 4.98 Å². The molecule has 9 heteroatoms. The van der Waals surface area contributed by atoms with Crippen LogP contribution in [0.15, 0.2) is 47.7 Å². The average Bonchev–Trinajstić information content (AvgIpc) is 3.10. The summed E-state index contributed by atoms with van der Waals surface area (Å²) in [5.74, 6) is 0.265. The van der Waals surface area contributed by atoms with E-state index < -0.39 is 18.0 Å². The first-order valence-corrected chi connectivity index (χ1v) is 8.53. The molecule has 0 saturated carbocycles. The number of carbonyl (C=O) groups is 1. The molecule has 1 amide bonds. The van der Waals surface area contributed by atoms with Crippen LogP contribution in [0.2, 0.25) is 0 Å². The number of aliphatic hydroxyl groups excluding tert-OH is 1. The van der Waals surface area contributed by atoms with Gasteiger partial charge in [-0.3, -0.25) is 4.90 Å². The van der Waals surface area contributed by atoms with Crippen molar-refractivity contribution in [3.05, 3.63) is 48.4 Å². The van der Waals surface area contributed by atoms with Crippen molar-refractivity contribution in [2.75, 3.05) is 41.0 Å². The number of benzene rings is 1. The molecule has 140 valence electrons. The topological polar surface area (TPSA) is 81.5 Å². The molecule has 0 unspecified atom stereocenters. The molecular formula is C18H18FN5O3. The summed E-state index contributed by atoms with van der Waals surface area (Å²) in [6.45, 7) is 1.03. The van der Waals surface area contributed by atoms with E-state index in [-0.39, 0.29) is 13.2 Å². The van der Waals surface area contributed by atoms with Crippen LogP contribution in [0.3, 0.4) is 0 Å². The molecular weight excluding hydrogens is 353 g/mol. The largest absolute Gasteiger partial charge is 0.441 e. The van der Waals surface area contributed by atoms with E-state index in [9.17, 15) is 9.18 Å². The molecule has 0 bridgehead atoms. The molecule has 2 aliphatic heterocycles. The third kappa shape index (κ3) is 3.41. The van der Waals surface area contributed by atoms with E-state index in [1.807, 2.05) is 18.2 Å². The summed E-state index contributed by atoms with van der Waals surface area (Å²) in [7, 11) is 0. The zero-order chi connectivity index (χ0) is 18.8. The Balaban J connectivity index is 1.50. The maximum Gasteiger partial charge on any atom is 0.414 e. The molecule has 0 aliphatic carbocycles. The predicted octanol–water partition coefficient (Wildman–Crippen LogP) is 1.81. The lowest BCUT2D eigenvalue weighted by Gasteiger charge is -2.29. The second-order valence-electron chi connectivity index (χ2n) is 6.17. The minimum Gasteiger partial charge on any atom is -0.441 e. The molecule has 4 rings (SSSR count). The fraction of sp³-hybridized carbons (Fsp3) is 0.278. The van der Waals surface area contributed by atoms with E-state index in [1.54, 1.807) is 34.6 Å². The lowest BCUT2D eigenvalue weighted by atomic mass is 10.2. The van der Waals surface area contributed by atoms with E-state index in [2.05, 4.69) is 10.1 Å². The minimum atomic E-state index is -0.591. The molecule has 2 aliphatic rings. The number of pyridine rings is 1. The molecule has 8 nitrogen and oxygen atoms in total. The summed E-state index contributed by atoms with van der Waals surface area (Å²) in [6.07, 6.45) is 2.07. The maximum absolute atomic E-state index is 14.7. The lowest BCUT2D eigenvalue weighted by molar-refractivity contribution is 0.0963. The standard InChI is InChI=1S/C18H18FN5O3/c19-15-9-13(23-10-14(11-25)27-18(23)26)4-5-16(15)22-7-8-24(21-12-22)17-3-1-2-6-20-17/h1-6,9,12,14,25H,7-8,10-11H2/t14-/m1/s1. The molecule has 27 heavy (non-hydrogen) atoms. The Labute approximate surface area is 155 Å². The van der Waals surface area contributed by atoms with Gasteiger partial charge in [-0.2, -0.15) is 5.10 Å². The Hall–Kier alpha value is -3.20. The summed E-state index contributed by atoms with van der Waals surface area (Å²) >= 11 is 0. The number of aliphatic hydroxyl groups is 1. The molecule has 1 fully saturated rings. The number of anilines is 3. The van der Waals surface area contributed by atoms with Crippen LogP contribution in [0, 0.1) is 5.82 Å². The number of halogens is 1. The number of cyclic esters (lactones) is 1. The molecule has 1 atom stereocenters. The van der Waals surface area contributed by atoms with Gasteiger partial charge >= 0.3 is 6.09 Å². The van der Waals surface area contributed by atoms with E-state index in [0.717, 1.165) is 5.82 Å². The van der Waals surface area contributed by atoms with Crippen LogP contribution in [0.5, 0.6) is 0 Å². The number of ether oxygens (including phenoxy) is 1. The highest BCUT2D eigenvalue weighted by molar-refractivity contribution is 5.90. The van der Waals surface area contributed by atoms with Crippen LogP contribution in [-0.2, 0) is 4.74 Å². The maximum atomic E-state index is 14.7.